The fraction of sp³-hybridized carbons (Fsp3) is 0.467. The molecule has 1 aliphatic rings. The van der Waals surface area contributed by atoms with Gasteiger partial charge in [-0.15, -0.1) is 0 Å². The first-order valence-corrected chi connectivity index (χ1v) is 7.11. The van der Waals surface area contributed by atoms with Crippen molar-refractivity contribution < 1.29 is 14.3 Å². The zero-order valence-electron chi connectivity index (χ0n) is 11.5. The van der Waals surface area contributed by atoms with E-state index in [4.69, 9.17) is 16.3 Å². The van der Waals surface area contributed by atoms with Crippen molar-refractivity contribution in [3.63, 3.8) is 0 Å². The molecule has 1 aliphatic heterocycles. The minimum absolute atomic E-state index is 0.0534. The molecule has 0 N–H and O–H groups in total. The summed E-state index contributed by atoms with van der Waals surface area (Å²) < 4.78 is 4.79. The molecule has 108 valence electrons. The summed E-state index contributed by atoms with van der Waals surface area (Å²) in [6.07, 6.45) is 2.80. The first-order valence-electron chi connectivity index (χ1n) is 6.73. The van der Waals surface area contributed by atoms with Crippen LogP contribution in [0.15, 0.2) is 24.3 Å². The second kappa shape index (κ2) is 6.75. The topological polar surface area (TPSA) is 46.6 Å². The quantitative estimate of drug-likeness (QED) is 0.805. The van der Waals surface area contributed by atoms with Gasteiger partial charge in [0.25, 0.3) is 0 Å². The summed E-state index contributed by atoms with van der Waals surface area (Å²) in [7, 11) is 1.36. The molecule has 1 amide bonds. The van der Waals surface area contributed by atoms with Gasteiger partial charge in [-0.2, -0.15) is 0 Å². The fourth-order valence-corrected chi connectivity index (χ4v) is 2.75. The molecule has 1 heterocycles. The molecular formula is C15H18ClNO3. The predicted octanol–water partition coefficient (Wildman–Crippen LogP) is 2.44. The number of piperidine rings is 1. The minimum Gasteiger partial charge on any atom is -0.467 e. The van der Waals surface area contributed by atoms with Gasteiger partial charge in [-0.25, -0.2) is 4.79 Å². The molecular weight excluding hydrogens is 278 g/mol. The van der Waals surface area contributed by atoms with E-state index in [0.29, 0.717) is 18.0 Å². The number of ether oxygens (including phenoxy) is 1. The molecule has 1 fully saturated rings. The second-order valence-electron chi connectivity index (χ2n) is 4.93. The summed E-state index contributed by atoms with van der Waals surface area (Å²) in [5, 5.41) is 0.610. The Hall–Kier alpha value is -1.55. The smallest absolute Gasteiger partial charge is 0.328 e. The Labute approximate surface area is 123 Å². The maximum atomic E-state index is 12.4. The van der Waals surface area contributed by atoms with Crippen molar-refractivity contribution in [2.75, 3.05) is 13.7 Å². The number of rotatable bonds is 3. The molecule has 0 saturated carbocycles. The number of likely N-dealkylation sites (tertiary alicyclic amines) is 1. The number of carbonyl (C=O) groups excluding carboxylic acids is 2. The Morgan fingerprint density at radius 1 is 1.40 bits per heavy atom. The summed E-state index contributed by atoms with van der Waals surface area (Å²) in [5.74, 6) is -0.383. The lowest BCUT2D eigenvalue weighted by Crippen LogP contribution is -2.49. The van der Waals surface area contributed by atoms with E-state index in [1.807, 2.05) is 12.1 Å². The molecule has 0 aliphatic carbocycles. The number of amides is 1. The van der Waals surface area contributed by atoms with Gasteiger partial charge in [0, 0.05) is 11.6 Å². The van der Waals surface area contributed by atoms with E-state index in [1.165, 1.54) is 7.11 Å². The van der Waals surface area contributed by atoms with Gasteiger partial charge >= 0.3 is 5.97 Å². The van der Waals surface area contributed by atoms with E-state index < -0.39 is 6.04 Å². The van der Waals surface area contributed by atoms with Crippen LogP contribution in [0, 0.1) is 0 Å². The molecule has 1 aromatic carbocycles. The van der Waals surface area contributed by atoms with Crippen LogP contribution in [0.1, 0.15) is 24.8 Å². The molecule has 1 atom stereocenters. The third-order valence-electron chi connectivity index (χ3n) is 3.54. The molecule has 0 bridgehead atoms. The van der Waals surface area contributed by atoms with E-state index >= 15 is 0 Å². The molecule has 20 heavy (non-hydrogen) atoms. The van der Waals surface area contributed by atoms with Gasteiger partial charge in [0.15, 0.2) is 0 Å². The van der Waals surface area contributed by atoms with Crippen LogP contribution in [0.5, 0.6) is 0 Å². The Balaban J connectivity index is 2.08. The Bertz CT molecular complexity index is 504. The molecule has 1 aromatic rings. The van der Waals surface area contributed by atoms with Crippen LogP contribution in [-0.4, -0.2) is 36.5 Å². The summed E-state index contributed by atoms with van der Waals surface area (Å²) in [4.78, 5) is 25.8. The number of hydrogen-bond acceptors (Lipinski definition) is 3. The first-order chi connectivity index (χ1) is 9.61. The van der Waals surface area contributed by atoms with Crippen LogP contribution in [0.25, 0.3) is 0 Å². The average Bonchev–Trinajstić information content (AvgIpc) is 2.46. The van der Waals surface area contributed by atoms with E-state index in [1.54, 1.807) is 17.0 Å². The van der Waals surface area contributed by atoms with Crippen LogP contribution in [-0.2, 0) is 20.7 Å². The van der Waals surface area contributed by atoms with Gasteiger partial charge in [-0.1, -0.05) is 23.7 Å². The lowest BCUT2D eigenvalue weighted by atomic mass is 10.0. The van der Waals surface area contributed by atoms with Gasteiger partial charge < -0.3 is 9.64 Å². The monoisotopic (exact) mass is 295 g/mol. The summed E-state index contributed by atoms with van der Waals surface area (Å²) >= 11 is 5.92. The Morgan fingerprint density at radius 2 is 2.20 bits per heavy atom. The maximum Gasteiger partial charge on any atom is 0.328 e. The lowest BCUT2D eigenvalue weighted by Gasteiger charge is -2.33. The molecule has 5 heteroatoms. The fourth-order valence-electron chi connectivity index (χ4n) is 2.53. The number of carbonyl (C=O) groups is 2. The Morgan fingerprint density at radius 3 is 2.90 bits per heavy atom. The van der Waals surface area contributed by atoms with Crippen molar-refractivity contribution in [2.24, 2.45) is 0 Å². The van der Waals surface area contributed by atoms with Crippen LogP contribution in [0.4, 0.5) is 0 Å². The van der Waals surface area contributed by atoms with Crippen LogP contribution in [0.2, 0.25) is 5.02 Å². The molecule has 0 aromatic heterocycles. The van der Waals surface area contributed by atoms with Crippen molar-refractivity contribution in [3.8, 4) is 0 Å². The highest BCUT2D eigenvalue weighted by Crippen LogP contribution is 2.20. The highest BCUT2D eigenvalue weighted by molar-refractivity contribution is 6.30. The van der Waals surface area contributed by atoms with E-state index in [9.17, 15) is 9.59 Å². The van der Waals surface area contributed by atoms with E-state index in [0.717, 1.165) is 18.4 Å². The summed E-state index contributed by atoms with van der Waals surface area (Å²) in [5.41, 5.74) is 0.858. The van der Waals surface area contributed by atoms with Crippen molar-refractivity contribution in [3.05, 3.63) is 34.9 Å². The second-order valence-corrected chi connectivity index (χ2v) is 5.37. The molecule has 4 nitrogen and oxygen atoms in total. The molecule has 1 saturated heterocycles. The van der Waals surface area contributed by atoms with Crippen LogP contribution >= 0.6 is 11.6 Å². The molecule has 2 rings (SSSR count). The highest BCUT2D eigenvalue weighted by atomic mass is 35.5. The van der Waals surface area contributed by atoms with Gasteiger partial charge in [-0.3, -0.25) is 4.79 Å². The van der Waals surface area contributed by atoms with Gasteiger partial charge in [-0.05, 0) is 37.0 Å². The standard InChI is InChI=1S/C15H18ClNO3/c1-20-15(19)13-7-2-3-8-17(13)14(18)10-11-5-4-6-12(16)9-11/h4-6,9,13H,2-3,7-8,10H2,1H3. The normalized spacial score (nSPS) is 18.7. The SMILES string of the molecule is COC(=O)C1CCCCN1C(=O)Cc1cccc(Cl)c1. The van der Waals surface area contributed by atoms with Crippen molar-refractivity contribution in [1.29, 1.82) is 0 Å². The number of hydrogen-bond donors (Lipinski definition) is 0. The number of nitrogens with zero attached hydrogens (tertiary/aromatic N) is 1. The number of methoxy groups -OCH3 is 1. The van der Waals surface area contributed by atoms with Crippen molar-refractivity contribution in [1.82, 2.24) is 4.90 Å². The minimum atomic E-state index is -0.444. The third-order valence-corrected chi connectivity index (χ3v) is 3.78. The zero-order chi connectivity index (χ0) is 14.5. The molecule has 1 unspecified atom stereocenters. The number of esters is 1. The number of benzene rings is 1. The van der Waals surface area contributed by atoms with Gasteiger partial charge in [0.05, 0.1) is 13.5 Å². The van der Waals surface area contributed by atoms with E-state index in [2.05, 4.69) is 0 Å². The molecule has 0 radical (unpaired) electrons. The van der Waals surface area contributed by atoms with E-state index in [-0.39, 0.29) is 18.3 Å². The average molecular weight is 296 g/mol. The lowest BCUT2D eigenvalue weighted by molar-refractivity contribution is -0.154. The van der Waals surface area contributed by atoms with Gasteiger partial charge in [0.1, 0.15) is 6.04 Å². The first kappa shape index (κ1) is 14.9. The van der Waals surface area contributed by atoms with Gasteiger partial charge in [0.2, 0.25) is 5.91 Å². The maximum absolute atomic E-state index is 12.4. The molecule has 0 spiro atoms. The van der Waals surface area contributed by atoms with Crippen LogP contribution in [0.3, 0.4) is 0 Å². The third kappa shape index (κ3) is 3.51. The van der Waals surface area contributed by atoms with Crippen LogP contribution < -0.4 is 0 Å². The summed E-state index contributed by atoms with van der Waals surface area (Å²) in [6.45, 7) is 0.610. The highest BCUT2D eigenvalue weighted by Gasteiger charge is 2.32. The van der Waals surface area contributed by atoms with Crippen molar-refractivity contribution >= 4 is 23.5 Å². The Kier molecular flexibility index (Phi) is 5.01. The largest absolute Gasteiger partial charge is 0.467 e. The van der Waals surface area contributed by atoms with Crippen molar-refractivity contribution in [2.45, 2.75) is 31.7 Å². The zero-order valence-corrected chi connectivity index (χ0v) is 12.2. The predicted molar refractivity (Wildman–Crippen MR) is 76.5 cm³/mol. The number of halogens is 1. The summed E-state index contributed by atoms with van der Waals surface area (Å²) in [6, 6.07) is 6.78.